The molecule has 1 aliphatic carbocycles. The highest BCUT2D eigenvalue weighted by atomic mass is 16.5. The van der Waals surface area contributed by atoms with Crippen LogP contribution in [-0.4, -0.2) is 17.0 Å². The van der Waals surface area contributed by atoms with Gasteiger partial charge in [-0.25, -0.2) is 0 Å². The van der Waals surface area contributed by atoms with Gasteiger partial charge in [0.25, 0.3) is 0 Å². The molecule has 0 atom stereocenters. The van der Waals surface area contributed by atoms with Crippen LogP contribution in [0.25, 0.3) is 10.8 Å². The summed E-state index contributed by atoms with van der Waals surface area (Å²) in [6.07, 6.45) is 7.25. The summed E-state index contributed by atoms with van der Waals surface area (Å²) >= 11 is 0. The Morgan fingerprint density at radius 3 is 2.50 bits per heavy atom. The van der Waals surface area contributed by atoms with E-state index in [-0.39, 0.29) is 17.6 Å². The Labute approximate surface area is 130 Å². The number of phenolic OH excluding ortho intramolecular Hbond substituents is 1. The second-order valence-corrected chi connectivity index (χ2v) is 6.14. The van der Waals surface area contributed by atoms with Gasteiger partial charge >= 0.3 is 0 Å². The molecule has 2 aromatic carbocycles. The first-order chi connectivity index (χ1) is 10.6. The maximum absolute atomic E-state index is 11.4. The van der Waals surface area contributed by atoms with Crippen molar-refractivity contribution in [2.75, 3.05) is 0 Å². The zero-order valence-electron chi connectivity index (χ0n) is 13.0. The van der Waals surface area contributed by atoms with E-state index >= 15 is 0 Å². The molecule has 0 spiro atoms. The molecule has 3 rings (SSSR count). The highest BCUT2D eigenvalue weighted by Crippen LogP contribution is 2.36. The SMILES string of the molecule is CC(=O)c1ccc2c(O)c(OC3CCCCCC3)ccc2c1. The quantitative estimate of drug-likeness (QED) is 0.651. The molecule has 22 heavy (non-hydrogen) atoms. The number of hydrogen-bond donors (Lipinski definition) is 1. The van der Waals surface area contributed by atoms with Crippen LogP contribution in [0.15, 0.2) is 30.3 Å². The van der Waals surface area contributed by atoms with E-state index < -0.39 is 0 Å². The lowest BCUT2D eigenvalue weighted by atomic mass is 10.0. The first kappa shape index (κ1) is 14.9. The van der Waals surface area contributed by atoms with Crippen molar-refractivity contribution < 1.29 is 14.6 Å². The van der Waals surface area contributed by atoms with Crippen molar-refractivity contribution >= 4 is 16.6 Å². The van der Waals surface area contributed by atoms with E-state index in [1.165, 1.54) is 25.7 Å². The van der Waals surface area contributed by atoms with Crippen LogP contribution >= 0.6 is 0 Å². The minimum atomic E-state index is 0.0279. The Kier molecular flexibility index (Phi) is 4.32. The lowest BCUT2D eigenvalue weighted by Crippen LogP contribution is -2.15. The Morgan fingerprint density at radius 1 is 1.09 bits per heavy atom. The summed E-state index contributed by atoms with van der Waals surface area (Å²) in [6, 6.07) is 9.08. The molecule has 0 heterocycles. The second kappa shape index (κ2) is 6.39. The molecule has 1 fully saturated rings. The molecule has 1 aliphatic rings. The fourth-order valence-corrected chi connectivity index (χ4v) is 3.15. The van der Waals surface area contributed by atoms with Gasteiger partial charge in [0.2, 0.25) is 0 Å². The molecule has 0 bridgehead atoms. The number of aromatic hydroxyl groups is 1. The zero-order valence-corrected chi connectivity index (χ0v) is 13.0. The van der Waals surface area contributed by atoms with Crippen molar-refractivity contribution in [3.8, 4) is 11.5 Å². The molecule has 116 valence electrons. The monoisotopic (exact) mass is 298 g/mol. The van der Waals surface area contributed by atoms with Crippen LogP contribution in [0.4, 0.5) is 0 Å². The van der Waals surface area contributed by atoms with Crippen LogP contribution in [0.3, 0.4) is 0 Å². The maximum atomic E-state index is 11.4. The van der Waals surface area contributed by atoms with Crippen LogP contribution in [0.5, 0.6) is 11.5 Å². The molecule has 0 unspecified atom stereocenters. The van der Waals surface area contributed by atoms with E-state index in [9.17, 15) is 9.90 Å². The second-order valence-electron chi connectivity index (χ2n) is 6.14. The summed E-state index contributed by atoms with van der Waals surface area (Å²) < 4.78 is 6.03. The Hall–Kier alpha value is -2.03. The van der Waals surface area contributed by atoms with E-state index in [0.29, 0.717) is 11.3 Å². The molecule has 1 N–H and O–H groups in total. The normalized spacial score (nSPS) is 16.4. The lowest BCUT2D eigenvalue weighted by Gasteiger charge is -2.18. The lowest BCUT2D eigenvalue weighted by molar-refractivity contribution is 0.101. The molecular formula is C19H22O3. The minimum Gasteiger partial charge on any atom is -0.504 e. The molecule has 3 heteroatoms. The molecule has 1 saturated carbocycles. The third kappa shape index (κ3) is 3.08. The van der Waals surface area contributed by atoms with Crippen molar-refractivity contribution in [1.29, 1.82) is 0 Å². The maximum Gasteiger partial charge on any atom is 0.165 e. The van der Waals surface area contributed by atoms with Gasteiger partial charge in [-0.15, -0.1) is 0 Å². The van der Waals surface area contributed by atoms with Crippen molar-refractivity contribution in [1.82, 2.24) is 0 Å². The first-order valence-electron chi connectivity index (χ1n) is 8.08. The van der Waals surface area contributed by atoms with Gasteiger partial charge in [0, 0.05) is 10.9 Å². The van der Waals surface area contributed by atoms with Crippen LogP contribution < -0.4 is 4.74 Å². The summed E-state index contributed by atoms with van der Waals surface area (Å²) in [5.41, 5.74) is 0.657. The number of fused-ring (bicyclic) bond motifs is 1. The Morgan fingerprint density at radius 2 is 1.82 bits per heavy atom. The Balaban J connectivity index is 1.89. The number of rotatable bonds is 3. The first-order valence-corrected chi connectivity index (χ1v) is 8.08. The minimum absolute atomic E-state index is 0.0279. The predicted molar refractivity (Wildman–Crippen MR) is 87.7 cm³/mol. The predicted octanol–water partition coefficient (Wildman–Crippen LogP) is 4.85. The molecular weight excluding hydrogens is 276 g/mol. The number of ether oxygens (including phenoxy) is 1. The van der Waals surface area contributed by atoms with Gasteiger partial charge < -0.3 is 9.84 Å². The van der Waals surface area contributed by atoms with Crippen molar-refractivity contribution in [3.63, 3.8) is 0 Å². The average Bonchev–Trinajstić information content (AvgIpc) is 2.78. The van der Waals surface area contributed by atoms with Gasteiger partial charge in [0.15, 0.2) is 17.3 Å². The fraction of sp³-hybridized carbons (Fsp3) is 0.421. The summed E-state index contributed by atoms with van der Waals surface area (Å²) in [5.74, 6) is 0.756. The van der Waals surface area contributed by atoms with Crippen LogP contribution in [0.1, 0.15) is 55.8 Å². The van der Waals surface area contributed by atoms with Gasteiger partial charge in [0.05, 0.1) is 6.10 Å². The van der Waals surface area contributed by atoms with Gasteiger partial charge in [-0.1, -0.05) is 25.0 Å². The standard InChI is InChI=1S/C19H22O3/c1-13(20)14-8-10-17-15(12-14)9-11-18(19(17)21)22-16-6-4-2-3-5-7-16/h8-12,16,21H,2-7H2,1H3. The third-order valence-electron chi connectivity index (χ3n) is 4.46. The third-order valence-corrected chi connectivity index (χ3v) is 4.46. The smallest absolute Gasteiger partial charge is 0.165 e. The molecule has 0 aromatic heterocycles. The van der Waals surface area contributed by atoms with Crippen LogP contribution in [0.2, 0.25) is 0 Å². The van der Waals surface area contributed by atoms with E-state index in [0.717, 1.165) is 23.6 Å². The highest BCUT2D eigenvalue weighted by Gasteiger charge is 2.16. The van der Waals surface area contributed by atoms with E-state index in [1.54, 1.807) is 19.1 Å². The zero-order chi connectivity index (χ0) is 15.5. The van der Waals surface area contributed by atoms with Gasteiger partial charge in [-0.05, 0) is 56.2 Å². The number of Topliss-reactive ketones (excluding diaryl/α,β-unsaturated/α-hetero) is 1. The number of hydrogen-bond acceptors (Lipinski definition) is 3. The summed E-state index contributed by atoms with van der Waals surface area (Å²) in [6.45, 7) is 1.55. The van der Waals surface area contributed by atoms with E-state index in [4.69, 9.17) is 4.74 Å². The summed E-state index contributed by atoms with van der Waals surface area (Å²) in [5, 5.41) is 12.1. The summed E-state index contributed by atoms with van der Waals surface area (Å²) in [4.78, 5) is 11.4. The van der Waals surface area contributed by atoms with E-state index in [2.05, 4.69) is 0 Å². The molecule has 3 nitrogen and oxygen atoms in total. The largest absolute Gasteiger partial charge is 0.504 e. The molecule has 0 aliphatic heterocycles. The van der Waals surface area contributed by atoms with Crippen molar-refractivity contribution in [2.24, 2.45) is 0 Å². The number of carbonyl (C=O) groups is 1. The van der Waals surface area contributed by atoms with E-state index in [1.807, 2.05) is 18.2 Å². The average molecular weight is 298 g/mol. The topological polar surface area (TPSA) is 46.5 Å². The number of carbonyl (C=O) groups excluding carboxylic acids is 1. The molecule has 0 amide bonds. The van der Waals surface area contributed by atoms with Gasteiger partial charge in [0.1, 0.15) is 0 Å². The molecule has 2 aromatic rings. The Bertz CT molecular complexity index is 682. The van der Waals surface area contributed by atoms with Crippen molar-refractivity contribution in [2.45, 2.75) is 51.6 Å². The number of benzene rings is 2. The number of phenols is 1. The van der Waals surface area contributed by atoms with Crippen LogP contribution in [-0.2, 0) is 0 Å². The number of ketones is 1. The fourth-order valence-electron chi connectivity index (χ4n) is 3.15. The van der Waals surface area contributed by atoms with Gasteiger partial charge in [-0.2, -0.15) is 0 Å². The highest BCUT2D eigenvalue weighted by molar-refractivity contribution is 6.00. The van der Waals surface area contributed by atoms with Crippen molar-refractivity contribution in [3.05, 3.63) is 35.9 Å². The molecule has 0 saturated heterocycles. The summed E-state index contributed by atoms with van der Waals surface area (Å²) in [7, 11) is 0. The van der Waals surface area contributed by atoms with Gasteiger partial charge in [-0.3, -0.25) is 4.79 Å². The van der Waals surface area contributed by atoms with Crippen LogP contribution in [0, 0.1) is 0 Å². The molecule has 0 radical (unpaired) electrons.